The number of anilines is 1. The molecule has 3 rings (SSSR count). The molecule has 2 aromatic carbocycles. The third kappa shape index (κ3) is 4.45. The van der Waals surface area contributed by atoms with Crippen molar-refractivity contribution in [1.82, 2.24) is 14.8 Å². The normalized spacial score (nSPS) is 12.0. The molecular formula is C18H15ClF2N4OS. The Morgan fingerprint density at radius 2 is 1.81 bits per heavy atom. The van der Waals surface area contributed by atoms with Gasteiger partial charge in [0.25, 0.3) is 0 Å². The van der Waals surface area contributed by atoms with E-state index in [0.29, 0.717) is 22.2 Å². The summed E-state index contributed by atoms with van der Waals surface area (Å²) < 4.78 is 27.9. The van der Waals surface area contributed by atoms with Gasteiger partial charge in [-0.3, -0.25) is 4.79 Å². The molecule has 3 aromatic rings. The number of carbonyl (C=O) groups is 1. The third-order valence-corrected chi connectivity index (χ3v) is 5.22. The zero-order valence-corrected chi connectivity index (χ0v) is 16.0. The fraction of sp³-hybridized carbons (Fsp3) is 0.167. The lowest BCUT2D eigenvalue weighted by Gasteiger charge is -2.12. The van der Waals surface area contributed by atoms with Crippen LogP contribution in [0.5, 0.6) is 0 Å². The molecule has 9 heteroatoms. The Balaban J connectivity index is 1.71. The van der Waals surface area contributed by atoms with Crippen LogP contribution in [0.2, 0.25) is 5.02 Å². The minimum absolute atomic E-state index is 0.123. The molecule has 1 aromatic heterocycles. The number of halogens is 3. The summed E-state index contributed by atoms with van der Waals surface area (Å²) in [5.41, 5.74) is 1.05. The number of hydrogen-bond donors (Lipinski definition) is 1. The number of rotatable bonds is 5. The maximum Gasteiger partial charge on any atom is 0.237 e. The zero-order valence-electron chi connectivity index (χ0n) is 14.4. The molecule has 0 saturated heterocycles. The highest BCUT2D eigenvalue weighted by molar-refractivity contribution is 8.00. The highest BCUT2D eigenvalue weighted by atomic mass is 35.5. The molecule has 0 spiro atoms. The highest BCUT2D eigenvalue weighted by Crippen LogP contribution is 2.28. The molecule has 0 unspecified atom stereocenters. The van der Waals surface area contributed by atoms with Crippen molar-refractivity contribution in [2.45, 2.75) is 17.3 Å². The average molecular weight is 409 g/mol. The van der Waals surface area contributed by atoms with E-state index < -0.39 is 11.1 Å². The topological polar surface area (TPSA) is 59.8 Å². The Kier molecular flexibility index (Phi) is 5.76. The third-order valence-electron chi connectivity index (χ3n) is 3.78. The number of hydrogen-bond acceptors (Lipinski definition) is 4. The van der Waals surface area contributed by atoms with Gasteiger partial charge in [0.05, 0.1) is 16.0 Å². The Bertz CT molecular complexity index is 978. The molecule has 140 valence electrons. The Morgan fingerprint density at radius 1 is 1.15 bits per heavy atom. The monoisotopic (exact) mass is 408 g/mol. The minimum Gasteiger partial charge on any atom is -0.324 e. The van der Waals surface area contributed by atoms with E-state index in [1.165, 1.54) is 36.0 Å². The largest absolute Gasteiger partial charge is 0.324 e. The summed E-state index contributed by atoms with van der Waals surface area (Å²) >= 11 is 7.14. The van der Waals surface area contributed by atoms with Crippen LogP contribution in [0.25, 0.3) is 11.4 Å². The van der Waals surface area contributed by atoms with Crippen LogP contribution in [0, 0.1) is 11.6 Å². The molecule has 0 saturated carbocycles. The van der Waals surface area contributed by atoms with Crippen molar-refractivity contribution >= 4 is 35.0 Å². The summed E-state index contributed by atoms with van der Waals surface area (Å²) in [5, 5.41) is 11.0. The molecule has 0 aliphatic carbocycles. The maximum absolute atomic E-state index is 13.1. The van der Waals surface area contributed by atoms with E-state index >= 15 is 0 Å². The first-order valence-electron chi connectivity index (χ1n) is 7.93. The number of aromatic nitrogens is 3. The van der Waals surface area contributed by atoms with Crippen LogP contribution in [0.15, 0.2) is 47.6 Å². The summed E-state index contributed by atoms with van der Waals surface area (Å²) in [7, 11) is 1.77. The second-order valence-electron chi connectivity index (χ2n) is 5.75. The number of benzene rings is 2. The van der Waals surface area contributed by atoms with E-state index in [2.05, 4.69) is 15.5 Å². The molecule has 1 N–H and O–H groups in total. The van der Waals surface area contributed by atoms with Crippen molar-refractivity contribution in [2.24, 2.45) is 7.05 Å². The predicted octanol–water partition coefficient (Wildman–Crippen LogP) is 4.53. The van der Waals surface area contributed by atoms with Gasteiger partial charge in [-0.05, 0) is 49.4 Å². The molecule has 0 fully saturated rings. The van der Waals surface area contributed by atoms with Crippen LogP contribution in [0.4, 0.5) is 14.5 Å². The van der Waals surface area contributed by atoms with Crippen molar-refractivity contribution in [1.29, 1.82) is 0 Å². The smallest absolute Gasteiger partial charge is 0.237 e. The second kappa shape index (κ2) is 8.06. The lowest BCUT2D eigenvalue weighted by Crippen LogP contribution is -2.23. The first kappa shape index (κ1) is 19.3. The van der Waals surface area contributed by atoms with Gasteiger partial charge in [-0.2, -0.15) is 0 Å². The SMILES string of the molecule is C[C@@H](Sc1nnc(-c2ccc(F)cc2)n1C)C(=O)Nc1ccc(F)cc1Cl. The van der Waals surface area contributed by atoms with Crippen molar-refractivity contribution in [3.63, 3.8) is 0 Å². The molecular weight excluding hydrogens is 394 g/mol. The molecule has 0 aliphatic heterocycles. The van der Waals surface area contributed by atoms with Crippen LogP contribution in [0.3, 0.4) is 0 Å². The number of thioether (sulfide) groups is 1. The summed E-state index contributed by atoms with van der Waals surface area (Å²) in [4.78, 5) is 12.4. The van der Waals surface area contributed by atoms with E-state index in [4.69, 9.17) is 11.6 Å². The first-order chi connectivity index (χ1) is 12.8. The summed E-state index contributed by atoms with van der Waals surface area (Å²) in [6.45, 7) is 1.71. The fourth-order valence-corrected chi connectivity index (χ4v) is 3.33. The van der Waals surface area contributed by atoms with E-state index in [-0.39, 0.29) is 16.7 Å². The quantitative estimate of drug-likeness (QED) is 0.630. The molecule has 5 nitrogen and oxygen atoms in total. The van der Waals surface area contributed by atoms with Crippen molar-refractivity contribution in [3.05, 3.63) is 59.1 Å². The van der Waals surface area contributed by atoms with Gasteiger partial charge in [0.1, 0.15) is 11.6 Å². The molecule has 27 heavy (non-hydrogen) atoms. The summed E-state index contributed by atoms with van der Waals surface area (Å²) in [5.74, 6) is -0.556. The Labute approximate surface area is 163 Å². The number of nitrogens with one attached hydrogen (secondary N) is 1. The van der Waals surface area contributed by atoms with Gasteiger partial charge in [0.15, 0.2) is 11.0 Å². The Hall–Kier alpha value is -2.45. The van der Waals surface area contributed by atoms with Crippen LogP contribution in [-0.2, 0) is 11.8 Å². The molecule has 1 amide bonds. The maximum atomic E-state index is 13.1. The fourth-order valence-electron chi connectivity index (χ4n) is 2.30. The minimum atomic E-state index is -0.505. The summed E-state index contributed by atoms with van der Waals surface area (Å²) in [6.07, 6.45) is 0. The molecule has 1 heterocycles. The number of carbonyl (C=O) groups excluding carboxylic acids is 1. The zero-order chi connectivity index (χ0) is 19.6. The van der Waals surface area contributed by atoms with Crippen molar-refractivity contribution in [3.8, 4) is 11.4 Å². The first-order valence-corrected chi connectivity index (χ1v) is 9.19. The van der Waals surface area contributed by atoms with Gasteiger partial charge in [-0.15, -0.1) is 10.2 Å². The van der Waals surface area contributed by atoms with E-state index in [0.717, 1.165) is 6.07 Å². The van der Waals surface area contributed by atoms with Gasteiger partial charge in [0, 0.05) is 12.6 Å². The van der Waals surface area contributed by atoms with Crippen molar-refractivity contribution in [2.75, 3.05) is 5.32 Å². The van der Waals surface area contributed by atoms with Gasteiger partial charge in [-0.25, -0.2) is 8.78 Å². The lowest BCUT2D eigenvalue weighted by molar-refractivity contribution is -0.115. The van der Waals surface area contributed by atoms with Crippen LogP contribution in [-0.4, -0.2) is 25.9 Å². The second-order valence-corrected chi connectivity index (χ2v) is 7.46. The average Bonchev–Trinajstić information content (AvgIpc) is 2.98. The highest BCUT2D eigenvalue weighted by Gasteiger charge is 2.20. The van der Waals surface area contributed by atoms with Gasteiger partial charge >= 0.3 is 0 Å². The number of amides is 1. The Morgan fingerprint density at radius 3 is 2.48 bits per heavy atom. The van der Waals surface area contributed by atoms with Gasteiger partial charge < -0.3 is 9.88 Å². The van der Waals surface area contributed by atoms with Crippen LogP contribution >= 0.6 is 23.4 Å². The van der Waals surface area contributed by atoms with E-state index in [9.17, 15) is 13.6 Å². The van der Waals surface area contributed by atoms with E-state index in [1.807, 2.05) is 0 Å². The van der Waals surface area contributed by atoms with E-state index in [1.54, 1.807) is 30.7 Å². The van der Waals surface area contributed by atoms with Gasteiger partial charge in [0.2, 0.25) is 5.91 Å². The van der Waals surface area contributed by atoms with Crippen LogP contribution in [0.1, 0.15) is 6.92 Å². The van der Waals surface area contributed by atoms with Crippen molar-refractivity contribution < 1.29 is 13.6 Å². The molecule has 0 aliphatic rings. The van der Waals surface area contributed by atoms with Gasteiger partial charge in [-0.1, -0.05) is 23.4 Å². The standard InChI is InChI=1S/C18H15ClF2N4OS/c1-10(17(26)22-15-8-7-13(21)9-14(15)19)27-18-24-23-16(25(18)2)11-3-5-12(20)6-4-11/h3-10H,1-2H3,(H,22,26)/t10-/m1/s1. The molecule has 1 atom stereocenters. The van der Waals surface area contributed by atoms with Crippen LogP contribution < -0.4 is 5.32 Å². The number of nitrogens with zero attached hydrogens (tertiary/aromatic N) is 3. The molecule has 0 bridgehead atoms. The summed E-state index contributed by atoms with van der Waals surface area (Å²) in [6, 6.07) is 9.67. The lowest BCUT2D eigenvalue weighted by atomic mass is 10.2. The predicted molar refractivity (Wildman–Crippen MR) is 102 cm³/mol. The molecule has 0 radical (unpaired) electrons.